The largest absolute Gasteiger partial charge is 0.444 e. The van der Waals surface area contributed by atoms with Crippen molar-refractivity contribution in [3.8, 4) is 12.3 Å². The molecule has 10 nitrogen and oxygen atoms in total. The molecule has 1 aromatic rings. The summed E-state index contributed by atoms with van der Waals surface area (Å²) in [5, 5.41) is 6.05. The number of carbonyl (C=O) groups excluding carboxylic acids is 4. The first-order valence-corrected chi connectivity index (χ1v) is 15.0. The van der Waals surface area contributed by atoms with Crippen molar-refractivity contribution >= 4 is 23.8 Å². The highest BCUT2D eigenvalue weighted by Gasteiger charge is 2.46. The van der Waals surface area contributed by atoms with Gasteiger partial charge in [-0.3, -0.25) is 19.3 Å². The van der Waals surface area contributed by atoms with Gasteiger partial charge >= 0.3 is 6.09 Å². The van der Waals surface area contributed by atoms with Gasteiger partial charge in [-0.05, 0) is 63.5 Å². The number of terminal acetylenes is 1. The lowest BCUT2D eigenvalue weighted by molar-refractivity contribution is -0.144. The van der Waals surface area contributed by atoms with Gasteiger partial charge in [-0.25, -0.2) is 4.79 Å². The molecule has 0 saturated carbocycles. The van der Waals surface area contributed by atoms with Crippen molar-refractivity contribution in [1.82, 2.24) is 20.4 Å². The third-order valence-electron chi connectivity index (χ3n) is 7.98. The van der Waals surface area contributed by atoms with Crippen LogP contribution in [0.5, 0.6) is 0 Å². The lowest BCUT2D eigenvalue weighted by Gasteiger charge is -2.37. The van der Waals surface area contributed by atoms with Crippen LogP contribution in [0.1, 0.15) is 84.9 Å². The van der Waals surface area contributed by atoms with Crippen LogP contribution in [0.4, 0.5) is 4.79 Å². The number of nitrogens with one attached hydrogen (secondary N) is 2. The van der Waals surface area contributed by atoms with E-state index in [0.29, 0.717) is 0 Å². The number of carbonyl (C=O) groups is 4. The molecule has 5 atom stereocenters. The van der Waals surface area contributed by atoms with E-state index < -0.39 is 53.2 Å². The summed E-state index contributed by atoms with van der Waals surface area (Å²) >= 11 is 0. The predicted octanol–water partition coefficient (Wildman–Crippen LogP) is 3.59. The zero-order valence-corrected chi connectivity index (χ0v) is 26.9. The van der Waals surface area contributed by atoms with Crippen LogP contribution in [0.2, 0.25) is 0 Å². The van der Waals surface area contributed by atoms with Crippen LogP contribution in [0.25, 0.3) is 0 Å². The number of rotatable bonds is 8. The number of likely N-dealkylation sites (tertiary alicyclic amines) is 1. The normalized spacial score (nSPS) is 21.6. The molecule has 1 aliphatic heterocycles. The topological polar surface area (TPSA) is 117 Å². The standard InChI is InChI=1S/C33H48N4O6/c1-10-18-42-23-19-26(29(39)34-25-17-13-15-22-14-11-12-16-24(22)25)37(20-23)30(40)27(32(3,4)5)35-28(38)21(2)36(9)31(41)43-33(6,7)8/h1,11-12,14,16,21,23,25-27H,13,15,17-20H2,2-9H3,(H,34,39)(H,35,38)/t21-,23-,25+,26-,27+/m0/s1. The van der Waals surface area contributed by atoms with E-state index >= 15 is 0 Å². The molecule has 1 aromatic carbocycles. The molecule has 0 bridgehead atoms. The average Bonchev–Trinajstić information content (AvgIpc) is 3.36. The molecule has 1 saturated heterocycles. The SMILES string of the molecule is C#CCO[C@H]1C[C@@H](C(=O)N[C@@H]2CCCc3ccccc32)N(C(=O)[C@@H](NC(=O)[C@H](C)N(C)C(=O)OC(C)(C)C)C(C)(C)C)C1. The highest BCUT2D eigenvalue weighted by Crippen LogP contribution is 2.32. The van der Waals surface area contributed by atoms with Gasteiger partial charge in [0.2, 0.25) is 17.7 Å². The summed E-state index contributed by atoms with van der Waals surface area (Å²) in [6.07, 6.45) is 7.35. The fourth-order valence-electron chi connectivity index (χ4n) is 5.49. The molecule has 0 spiro atoms. The van der Waals surface area contributed by atoms with Crippen molar-refractivity contribution in [3.05, 3.63) is 35.4 Å². The average molecular weight is 597 g/mol. The van der Waals surface area contributed by atoms with E-state index in [2.05, 4.69) is 22.6 Å². The van der Waals surface area contributed by atoms with Crippen molar-refractivity contribution < 1.29 is 28.7 Å². The van der Waals surface area contributed by atoms with Crippen molar-refractivity contribution in [2.24, 2.45) is 5.41 Å². The third kappa shape index (κ3) is 8.73. The minimum atomic E-state index is -0.980. The Hall–Kier alpha value is -3.58. The van der Waals surface area contributed by atoms with Crippen LogP contribution < -0.4 is 10.6 Å². The predicted molar refractivity (Wildman–Crippen MR) is 164 cm³/mol. The van der Waals surface area contributed by atoms with Crippen molar-refractivity contribution in [1.29, 1.82) is 0 Å². The van der Waals surface area contributed by atoms with E-state index in [4.69, 9.17) is 15.9 Å². The van der Waals surface area contributed by atoms with Crippen LogP contribution in [-0.4, -0.2) is 83.6 Å². The van der Waals surface area contributed by atoms with Crippen LogP contribution >= 0.6 is 0 Å². The maximum atomic E-state index is 14.2. The fraction of sp³-hybridized carbons (Fsp3) is 0.636. The number of amides is 4. The first-order chi connectivity index (χ1) is 20.0. The van der Waals surface area contributed by atoms with E-state index in [-0.39, 0.29) is 31.5 Å². The minimum absolute atomic E-state index is 0.0605. The summed E-state index contributed by atoms with van der Waals surface area (Å²) in [7, 11) is 1.48. The summed E-state index contributed by atoms with van der Waals surface area (Å²) in [6, 6.07) is 5.25. The van der Waals surface area contributed by atoms with E-state index in [0.717, 1.165) is 24.8 Å². The molecule has 1 aliphatic carbocycles. The number of fused-ring (bicyclic) bond motifs is 1. The molecule has 0 aromatic heterocycles. The number of likely N-dealkylation sites (N-methyl/N-ethyl adjacent to an activating group) is 1. The molecule has 3 rings (SSSR count). The minimum Gasteiger partial charge on any atom is -0.444 e. The highest BCUT2D eigenvalue weighted by molar-refractivity contribution is 5.94. The molecule has 0 unspecified atom stereocenters. The van der Waals surface area contributed by atoms with Gasteiger partial charge in [-0.15, -0.1) is 6.42 Å². The summed E-state index contributed by atoms with van der Waals surface area (Å²) in [5.41, 5.74) is 0.877. The van der Waals surface area contributed by atoms with Crippen LogP contribution in [0, 0.1) is 17.8 Å². The molecule has 236 valence electrons. The summed E-state index contributed by atoms with van der Waals surface area (Å²) in [5.74, 6) is 1.28. The van der Waals surface area contributed by atoms with Crippen molar-refractivity contribution in [2.75, 3.05) is 20.2 Å². The van der Waals surface area contributed by atoms with E-state index in [1.165, 1.54) is 22.4 Å². The number of hydrogen-bond acceptors (Lipinski definition) is 6. The van der Waals surface area contributed by atoms with Crippen LogP contribution in [0.3, 0.4) is 0 Å². The number of ether oxygens (including phenoxy) is 2. The van der Waals surface area contributed by atoms with Gasteiger partial charge < -0.3 is 25.0 Å². The van der Waals surface area contributed by atoms with Gasteiger partial charge in [-0.1, -0.05) is 51.0 Å². The number of hydrogen-bond donors (Lipinski definition) is 2. The van der Waals surface area contributed by atoms with E-state index in [9.17, 15) is 19.2 Å². The number of aryl methyl sites for hydroxylation is 1. The van der Waals surface area contributed by atoms with Gasteiger partial charge in [0.15, 0.2) is 0 Å². The maximum absolute atomic E-state index is 14.2. The molecule has 2 N–H and O–H groups in total. The van der Waals surface area contributed by atoms with E-state index in [1.54, 1.807) is 27.7 Å². The molecule has 43 heavy (non-hydrogen) atoms. The molecule has 0 radical (unpaired) electrons. The Kier molecular flexibility index (Phi) is 10.9. The summed E-state index contributed by atoms with van der Waals surface area (Å²) in [6.45, 7) is 12.6. The van der Waals surface area contributed by atoms with Crippen molar-refractivity contribution in [2.45, 2.75) is 110 Å². The van der Waals surface area contributed by atoms with Gasteiger partial charge in [0.1, 0.15) is 30.3 Å². The Balaban J connectivity index is 1.81. The Labute approximate surface area is 256 Å². The number of benzene rings is 1. The number of nitrogens with zero attached hydrogens (tertiary/aromatic N) is 2. The lowest BCUT2D eigenvalue weighted by atomic mass is 9.85. The smallest absolute Gasteiger partial charge is 0.410 e. The highest BCUT2D eigenvalue weighted by atomic mass is 16.6. The fourth-order valence-corrected chi connectivity index (χ4v) is 5.49. The molecule has 10 heteroatoms. The zero-order chi connectivity index (χ0) is 32.1. The third-order valence-corrected chi connectivity index (χ3v) is 7.98. The Morgan fingerprint density at radius 3 is 2.44 bits per heavy atom. The van der Waals surface area contributed by atoms with Gasteiger partial charge in [0.25, 0.3) is 0 Å². The summed E-state index contributed by atoms with van der Waals surface area (Å²) < 4.78 is 11.2. The molecule has 2 aliphatic rings. The maximum Gasteiger partial charge on any atom is 0.410 e. The second kappa shape index (κ2) is 13.8. The first-order valence-electron chi connectivity index (χ1n) is 15.0. The van der Waals surface area contributed by atoms with Gasteiger partial charge in [0, 0.05) is 20.0 Å². The second-order valence-corrected chi connectivity index (χ2v) is 13.6. The Morgan fingerprint density at radius 2 is 1.81 bits per heavy atom. The molecule has 4 amide bonds. The molecular formula is C33H48N4O6. The molecule has 1 fully saturated rings. The van der Waals surface area contributed by atoms with Gasteiger partial charge in [-0.2, -0.15) is 0 Å². The quantitative estimate of drug-likeness (QED) is 0.443. The second-order valence-electron chi connectivity index (χ2n) is 13.6. The van der Waals surface area contributed by atoms with Crippen molar-refractivity contribution in [3.63, 3.8) is 0 Å². The lowest BCUT2D eigenvalue weighted by Crippen LogP contribution is -2.60. The van der Waals surface area contributed by atoms with E-state index in [1.807, 2.05) is 39.0 Å². The Bertz CT molecular complexity index is 1230. The molecule has 1 heterocycles. The van der Waals surface area contributed by atoms with Crippen LogP contribution in [-0.2, 0) is 30.3 Å². The first kappa shape index (κ1) is 33.9. The zero-order valence-electron chi connectivity index (χ0n) is 26.9. The Morgan fingerprint density at radius 1 is 1.14 bits per heavy atom. The monoisotopic (exact) mass is 596 g/mol. The van der Waals surface area contributed by atoms with Crippen LogP contribution in [0.15, 0.2) is 24.3 Å². The van der Waals surface area contributed by atoms with Gasteiger partial charge in [0.05, 0.1) is 12.1 Å². The molecular weight excluding hydrogens is 548 g/mol. The summed E-state index contributed by atoms with van der Waals surface area (Å²) in [4.78, 5) is 56.7.